The molecule has 0 amide bonds. The van der Waals surface area contributed by atoms with Gasteiger partial charge in [-0.3, -0.25) is 4.79 Å². The van der Waals surface area contributed by atoms with Gasteiger partial charge in [-0.25, -0.2) is 4.79 Å². The molecular weight excluding hydrogens is 300 g/mol. The molecule has 1 unspecified atom stereocenters. The maximum absolute atomic E-state index is 12.0. The third-order valence-corrected chi connectivity index (χ3v) is 2.80. The van der Waals surface area contributed by atoms with Gasteiger partial charge in [-0.1, -0.05) is 15.9 Å². The van der Waals surface area contributed by atoms with Gasteiger partial charge in [0.15, 0.2) is 0 Å². The molecule has 1 heterocycles. The van der Waals surface area contributed by atoms with Gasteiger partial charge in [0.05, 0.1) is 5.56 Å². The van der Waals surface area contributed by atoms with Crippen molar-refractivity contribution in [3.63, 3.8) is 0 Å². The maximum atomic E-state index is 12.0. The Balaban J connectivity index is 2.21. The van der Waals surface area contributed by atoms with Gasteiger partial charge < -0.3 is 9.47 Å². The smallest absolute Gasteiger partial charge is 0.356 e. The Morgan fingerprint density at radius 2 is 2.06 bits per heavy atom. The summed E-state index contributed by atoms with van der Waals surface area (Å²) < 4.78 is 11.3. The Bertz CT molecular complexity index is 516. The third-order valence-electron chi connectivity index (χ3n) is 2.31. The molecule has 0 aliphatic carbocycles. The first-order valence-corrected chi connectivity index (χ1v) is 6.30. The van der Waals surface area contributed by atoms with E-state index in [2.05, 4.69) is 15.9 Å². The molecule has 1 atom stereocenters. The number of Topliss-reactive ketones (excluding diaryl/α,β-unsaturated/α-hetero) is 1. The van der Waals surface area contributed by atoms with Gasteiger partial charge in [-0.05, 0) is 39.0 Å². The highest BCUT2D eigenvalue weighted by atomic mass is 79.9. The van der Waals surface area contributed by atoms with Crippen molar-refractivity contribution >= 4 is 27.7 Å². The van der Waals surface area contributed by atoms with Gasteiger partial charge in [0.2, 0.25) is 5.78 Å². The second-order valence-corrected chi connectivity index (χ2v) is 5.95. The summed E-state index contributed by atoms with van der Waals surface area (Å²) in [6, 6.07) is 5.05. The Morgan fingerprint density at radius 3 is 2.67 bits per heavy atom. The molecule has 18 heavy (non-hydrogen) atoms. The summed E-state index contributed by atoms with van der Waals surface area (Å²) >= 11 is 3.27. The Morgan fingerprint density at radius 1 is 1.39 bits per heavy atom. The highest BCUT2D eigenvalue weighted by Crippen LogP contribution is 2.32. The minimum Gasteiger partial charge on any atom is -0.470 e. The zero-order valence-electron chi connectivity index (χ0n) is 10.3. The quantitative estimate of drug-likeness (QED) is 0.591. The third kappa shape index (κ3) is 2.56. The predicted octanol–water partition coefficient (Wildman–Crippen LogP) is 2.73. The first-order valence-electron chi connectivity index (χ1n) is 5.51. The molecule has 0 aromatic heterocycles. The van der Waals surface area contributed by atoms with Crippen molar-refractivity contribution in [1.29, 1.82) is 0 Å². The number of halogens is 1. The van der Waals surface area contributed by atoms with Gasteiger partial charge in [0.1, 0.15) is 11.4 Å². The van der Waals surface area contributed by atoms with Crippen LogP contribution < -0.4 is 4.74 Å². The van der Waals surface area contributed by atoms with Crippen LogP contribution in [0.4, 0.5) is 0 Å². The maximum Gasteiger partial charge on any atom is 0.356 e. The number of benzene rings is 1. The van der Waals surface area contributed by atoms with E-state index in [4.69, 9.17) is 9.47 Å². The van der Waals surface area contributed by atoms with Crippen LogP contribution in [-0.4, -0.2) is 23.5 Å². The lowest BCUT2D eigenvalue weighted by Crippen LogP contribution is -2.37. The van der Waals surface area contributed by atoms with E-state index in [9.17, 15) is 9.59 Å². The van der Waals surface area contributed by atoms with Crippen molar-refractivity contribution in [2.24, 2.45) is 0 Å². The minimum atomic E-state index is -1.19. The lowest BCUT2D eigenvalue weighted by Gasteiger charge is -2.21. The monoisotopic (exact) mass is 312 g/mol. The van der Waals surface area contributed by atoms with Gasteiger partial charge in [0, 0.05) is 4.47 Å². The fraction of sp³-hybridized carbons (Fsp3) is 0.385. The number of ketones is 1. The Kier molecular flexibility index (Phi) is 3.19. The van der Waals surface area contributed by atoms with E-state index in [1.54, 1.807) is 39.0 Å². The average Bonchev–Trinajstić information content (AvgIpc) is 2.54. The van der Waals surface area contributed by atoms with Crippen LogP contribution in [0.1, 0.15) is 31.1 Å². The Hall–Kier alpha value is -1.36. The lowest BCUT2D eigenvalue weighted by atomic mass is 10.1. The number of carbonyl (C=O) groups excluding carboxylic acids is 2. The molecule has 1 aliphatic heterocycles. The van der Waals surface area contributed by atoms with Crippen molar-refractivity contribution in [2.45, 2.75) is 32.5 Å². The zero-order valence-corrected chi connectivity index (χ0v) is 11.9. The molecule has 0 saturated heterocycles. The van der Waals surface area contributed by atoms with Crippen molar-refractivity contribution in [3.05, 3.63) is 28.2 Å². The van der Waals surface area contributed by atoms with E-state index in [-0.39, 0.29) is 5.78 Å². The number of esters is 1. The number of hydrogen-bond acceptors (Lipinski definition) is 4. The molecule has 0 saturated carbocycles. The normalized spacial score (nSPS) is 18.2. The van der Waals surface area contributed by atoms with E-state index in [0.29, 0.717) is 11.3 Å². The molecule has 0 radical (unpaired) electrons. The van der Waals surface area contributed by atoms with E-state index in [1.165, 1.54) is 0 Å². The number of carbonyl (C=O) groups is 2. The van der Waals surface area contributed by atoms with Gasteiger partial charge in [0.25, 0.3) is 6.10 Å². The van der Waals surface area contributed by atoms with E-state index in [0.717, 1.165) is 4.47 Å². The Labute approximate surface area is 113 Å². The van der Waals surface area contributed by atoms with Crippen LogP contribution in [0.15, 0.2) is 22.7 Å². The number of hydrogen-bond donors (Lipinski definition) is 0. The molecule has 0 spiro atoms. The standard InChI is InChI=1S/C13H13BrO4/c1-13(2,3)18-12(16)11-10(15)8-6-7(14)4-5-9(8)17-11/h4-6,11H,1-3H3. The van der Waals surface area contributed by atoms with Gasteiger partial charge >= 0.3 is 5.97 Å². The summed E-state index contributed by atoms with van der Waals surface area (Å²) in [5, 5.41) is 0. The van der Waals surface area contributed by atoms with Crippen LogP contribution in [0.3, 0.4) is 0 Å². The van der Waals surface area contributed by atoms with E-state index in [1.807, 2.05) is 0 Å². The molecule has 0 fully saturated rings. The summed E-state index contributed by atoms with van der Waals surface area (Å²) in [6.45, 7) is 5.23. The summed E-state index contributed by atoms with van der Waals surface area (Å²) in [5.74, 6) is -0.598. The number of fused-ring (bicyclic) bond motifs is 1. The van der Waals surface area contributed by atoms with E-state index < -0.39 is 17.7 Å². The molecule has 1 aromatic rings. The van der Waals surface area contributed by atoms with Gasteiger partial charge in [-0.2, -0.15) is 0 Å². The molecule has 2 rings (SSSR count). The molecule has 1 aliphatic rings. The van der Waals surface area contributed by atoms with Crippen molar-refractivity contribution < 1.29 is 19.1 Å². The summed E-state index contributed by atoms with van der Waals surface area (Å²) in [6.07, 6.45) is -1.19. The van der Waals surface area contributed by atoms with E-state index >= 15 is 0 Å². The minimum absolute atomic E-state index is 0.361. The number of rotatable bonds is 1. The van der Waals surface area contributed by atoms with Gasteiger partial charge in [-0.15, -0.1) is 0 Å². The summed E-state index contributed by atoms with van der Waals surface area (Å²) in [5.41, 5.74) is -0.240. The second-order valence-electron chi connectivity index (χ2n) is 5.04. The second kappa shape index (κ2) is 4.39. The summed E-state index contributed by atoms with van der Waals surface area (Å²) in [4.78, 5) is 23.9. The van der Waals surface area contributed by atoms with Crippen molar-refractivity contribution in [1.82, 2.24) is 0 Å². The topological polar surface area (TPSA) is 52.6 Å². The first-order chi connectivity index (χ1) is 8.28. The fourth-order valence-electron chi connectivity index (χ4n) is 1.63. The SMILES string of the molecule is CC(C)(C)OC(=O)C1Oc2ccc(Br)cc2C1=O. The van der Waals surface area contributed by atoms with Crippen LogP contribution in [0, 0.1) is 0 Å². The zero-order chi connectivity index (χ0) is 13.5. The highest BCUT2D eigenvalue weighted by molar-refractivity contribution is 9.10. The van der Waals surface area contributed by atoms with Crippen LogP contribution >= 0.6 is 15.9 Å². The molecule has 0 N–H and O–H groups in total. The molecule has 5 heteroatoms. The molecular formula is C13H13BrO4. The van der Waals surface area contributed by atoms with Crippen LogP contribution in [0.5, 0.6) is 5.75 Å². The van der Waals surface area contributed by atoms with Crippen molar-refractivity contribution in [3.8, 4) is 5.75 Å². The summed E-state index contributed by atoms with van der Waals surface area (Å²) in [7, 11) is 0. The number of ether oxygens (including phenoxy) is 2. The van der Waals surface area contributed by atoms with Crippen LogP contribution in [-0.2, 0) is 9.53 Å². The lowest BCUT2D eigenvalue weighted by molar-refractivity contribution is -0.160. The largest absolute Gasteiger partial charge is 0.470 e. The molecule has 96 valence electrons. The highest BCUT2D eigenvalue weighted by Gasteiger charge is 2.40. The fourth-order valence-corrected chi connectivity index (χ4v) is 1.99. The van der Waals surface area contributed by atoms with Crippen LogP contribution in [0.25, 0.3) is 0 Å². The molecule has 4 nitrogen and oxygen atoms in total. The predicted molar refractivity (Wildman–Crippen MR) is 68.7 cm³/mol. The molecule has 1 aromatic carbocycles. The van der Waals surface area contributed by atoms with Crippen molar-refractivity contribution in [2.75, 3.05) is 0 Å². The first kappa shape index (κ1) is 13.1. The molecule has 0 bridgehead atoms. The average molecular weight is 313 g/mol. The van der Waals surface area contributed by atoms with Crippen LogP contribution in [0.2, 0.25) is 0 Å².